The Hall–Kier alpha value is -1.12. The van der Waals surface area contributed by atoms with Crippen molar-refractivity contribution in [1.29, 1.82) is 0 Å². The Bertz CT molecular complexity index is 711. The van der Waals surface area contributed by atoms with Crippen molar-refractivity contribution in [1.82, 2.24) is 5.32 Å². The van der Waals surface area contributed by atoms with Gasteiger partial charge in [0.15, 0.2) is 0 Å². The van der Waals surface area contributed by atoms with Crippen LogP contribution in [-0.2, 0) is 22.7 Å². The van der Waals surface area contributed by atoms with E-state index in [2.05, 4.69) is 39.9 Å². The topological polar surface area (TPSA) is 34.3 Å². The minimum atomic E-state index is -1.06. The zero-order chi connectivity index (χ0) is 22.6. The van der Waals surface area contributed by atoms with Crippen LogP contribution in [0, 0.1) is 54.5 Å². The van der Waals surface area contributed by atoms with Gasteiger partial charge in [-0.1, -0.05) is 95.3 Å². The summed E-state index contributed by atoms with van der Waals surface area (Å²) in [5.74, 6) is 7.34. The molecule has 1 N–H and O–H groups in total. The van der Waals surface area contributed by atoms with E-state index in [1.165, 1.54) is 29.6 Å². The maximum absolute atomic E-state index is 11.4. The van der Waals surface area contributed by atoms with Crippen molar-refractivity contribution >= 4 is 0 Å². The molecule has 166 valence electrons. The zero-order valence-corrected chi connectivity index (χ0v) is 21.0. The molecular formula is C29H33FeNO+2. The first-order valence-corrected chi connectivity index (χ1v) is 10.9. The van der Waals surface area contributed by atoms with Gasteiger partial charge < -0.3 is 5.11 Å². The number of hydrogen-bond acceptors (Lipinski definition) is 1. The summed E-state index contributed by atoms with van der Waals surface area (Å²) in [6.07, 6.45) is 4.42. The summed E-state index contributed by atoms with van der Waals surface area (Å²) >= 11 is 0. The molecule has 4 rings (SSSR count). The van der Waals surface area contributed by atoms with E-state index in [-0.39, 0.29) is 17.1 Å². The Kier molecular flexibility index (Phi) is 10.0. The van der Waals surface area contributed by atoms with E-state index in [0.29, 0.717) is 6.42 Å². The summed E-state index contributed by atoms with van der Waals surface area (Å²) in [7, 11) is 0. The molecular weight excluding hydrogens is 434 g/mol. The Morgan fingerprint density at radius 2 is 1.00 bits per heavy atom. The molecule has 1 heterocycles. The third kappa shape index (κ3) is 6.06. The van der Waals surface area contributed by atoms with Crippen molar-refractivity contribution in [2.75, 3.05) is 0 Å². The summed E-state index contributed by atoms with van der Waals surface area (Å²) in [4.78, 5) is 0. The van der Waals surface area contributed by atoms with Crippen molar-refractivity contribution in [3.05, 3.63) is 126 Å². The molecule has 2 aliphatic rings. The van der Waals surface area contributed by atoms with Crippen LogP contribution in [0.2, 0.25) is 0 Å². The maximum atomic E-state index is 11.4. The Morgan fingerprint density at radius 3 is 1.31 bits per heavy atom. The van der Waals surface area contributed by atoms with E-state index >= 15 is 0 Å². The monoisotopic (exact) mass is 467 g/mol. The summed E-state index contributed by atoms with van der Waals surface area (Å²) in [5, 5.41) is 15.9. The van der Waals surface area contributed by atoms with Crippen LogP contribution >= 0.6 is 0 Å². The third-order valence-corrected chi connectivity index (χ3v) is 6.59. The van der Waals surface area contributed by atoms with Gasteiger partial charge in [-0.25, -0.2) is 5.32 Å². The molecule has 1 saturated carbocycles. The minimum Gasteiger partial charge on any atom is -0.380 e. The fourth-order valence-corrected chi connectivity index (χ4v) is 4.08. The summed E-state index contributed by atoms with van der Waals surface area (Å²) in [5.41, 5.74) is 0.713. The predicted octanol–water partition coefficient (Wildman–Crippen LogP) is 6.39. The van der Waals surface area contributed by atoms with Gasteiger partial charge in [0.25, 0.3) is 0 Å². The maximum Gasteiger partial charge on any atom is 2.00 e. The van der Waals surface area contributed by atoms with E-state index in [4.69, 9.17) is 0 Å². The van der Waals surface area contributed by atoms with Crippen LogP contribution in [0.1, 0.15) is 59.1 Å². The molecule has 2 nitrogen and oxygen atoms in total. The number of nitrogens with zero attached hydrogens (tertiary/aromatic N) is 1. The Labute approximate surface area is 207 Å². The molecule has 1 saturated heterocycles. The van der Waals surface area contributed by atoms with E-state index in [1.54, 1.807) is 0 Å². The molecule has 32 heavy (non-hydrogen) atoms. The molecule has 1 aliphatic heterocycles. The molecule has 10 radical (unpaired) electrons. The Morgan fingerprint density at radius 1 is 0.625 bits per heavy atom. The van der Waals surface area contributed by atoms with Gasteiger partial charge in [-0.15, -0.1) is 0 Å². The van der Waals surface area contributed by atoms with Crippen LogP contribution in [0.4, 0.5) is 0 Å². The molecule has 0 amide bonds. The SMILES string of the molecule is C[C]1[CH][CH][C](CC(O)(c2ccccc2)c2ccccc2)[N]1.C[C]1[C](C)[C](C)[C](C)[C]1C.[Fe+2]. The second-order valence-corrected chi connectivity index (χ2v) is 8.47. The zero-order valence-electron chi connectivity index (χ0n) is 19.9. The number of hydrogen-bond donors (Lipinski definition) is 1. The molecule has 0 unspecified atom stereocenters. The van der Waals surface area contributed by atoms with Crippen LogP contribution in [0.15, 0.2) is 60.7 Å². The molecule has 3 heteroatoms. The predicted molar refractivity (Wildman–Crippen MR) is 128 cm³/mol. The number of benzene rings is 2. The molecule has 2 aromatic rings. The van der Waals surface area contributed by atoms with Gasteiger partial charge >= 0.3 is 17.1 Å². The average Bonchev–Trinajstić information content (AvgIpc) is 3.28. The first-order chi connectivity index (χ1) is 14.7. The third-order valence-electron chi connectivity index (χ3n) is 6.59. The smallest absolute Gasteiger partial charge is 0.380 e. The van der Waals surface area contributed by atoms with Crippen LogP contribution in [0.25, 0.3) is 0 Å². The van der Waals surface area contributed by atoms with Crippen molar-refractivity contribution in [3.63, 3.8) is 0 Å². The quantitative estimate of drug-likeness (QED) is 0.520. The molecule has 0 spiro atoms. The summed E-state index contributed by atoms with van der Waals surface area (Å²) < 4.78 is 0. The fourth-order valence-electron chi connectivity index (χ4n) is 4.08. The Balaban J connectivity index is 0.000000280. The van der Waals surface area contributed by atoms with Crippen molar-refractivity contribution in [3.8, 4) is 0 Å². The van der Waals surface area contributed by atoms with Crippen molar-refractivity contribution in [2.24, 2.45) is 0 Å². The average molecular weight is 467 g/mol. The number of aliphatic hydroxyl groups is 1. The van der Waals surface area contributed by atoms with Gasteiger partial charge in [-0.3, -0.25) is 0 Å². The van der Waals surface area contributed by atoms with Crippen LogP contribution in [0.5, 0.6) is 0 Å². The van der Waals surface area contributed by atoms with E-state index in [0.717, 1.165) is 23.2 Å². The van der Waals surface area contributed by atoms with Gasteiger partial charge in [-0.05, 0) is 60.5 Å². The molecule has 1 aliphatic carbocycles. The van der Waals surface area contributed by atoms with Gasteiger partial charge in [0.2, 0.25) is 0 Å². The summed E-state index contributed by atoms with van der Waals surface area (Å²) in [6, 6.07) is 21.5. The van der Waals surface area contributed by atoms with Crippen LogP contribution in [-0.4, -0.2) is 5.11 Å². The molecule has 0 aromatic heterocycles. The standard InChI is InChI=1S/C19H18NO.C10H15.Fe/c1-15-12-13-18(20-15)14-19(21,16-8-4-2-5-9-16)17-10-6-3-7-11-17;1-6-7(2)9(4)10(5)8(6)3;/h2-13,21H,14H2,1H3;1-5H3;/q;;+2. The second-order valence-electron chi connectivity index (χ2n) is 8.47. The second kappa shape index (κ2) is 11.8. The van der Waals surface area contributed by atoms with Gasteiger partial charge in [0.05, 0.1) is 12.1 Å². The molecule has 0 bridgehead atoms. The normalized spacial score (nSPS) is 20.2. The van der Waals surface area contributed by atoms with Crippen molar-refractivity contribution < 1.29 is 22.2 Å². The molecule has 2 aromatic carbocycles. The van der Waals surface area contributed by atoms with E-state index in [9.17, 15) is 5.11 Å². The van der Waals surface area contributed by atoms with Gasteiger partial charge in [0.1, 0.15) is 5.60 Å². The van der Waals surface area contributed by atoms with Gasteiger partial charge in [-0.2, -0.15) is 0 Å². The first-order valence-electron chi connectivity index (χ1n) is 10.9. The van der Waals surface area contributed by atoms with Crippen LogP contribution < -0.4 is 5.32 Å². The molecule has 0 atom stereocenters. The first kappa shape index (κ1) is 27.1. The van der Waals surface area contributed by atoms with Crippen molar-refractivity contribution in [2.45, 2.75) is 53.6 Å². The molecule has 2 fully saturated rings. The largest absolute Gasteiger partial charge is 2.00 e. The number of rotatable bonds is 4. The minimum absolute atomic E-state index is 0. The van der Waals surface area contributed by atoms with E-state index < -0.39 is 5.60 Å². The van der Waals surface area contributed by atoms with E-state index in [1.807, 2.05) is 80.4 Å². The fraction of sp³-hybridized carbons (Fsp3) is 0.276. The van der Waals surface area contributed by atoms with Crippen LogP contribution in [0.3, 0.4) is 0 Å². The van der Waals surface area contributed by atoms with Gasteiger partial charge in [0, 0.05) is 6.42 Å². The summed E-state index contributed by atoms with van der Waals surface area (Å²) in [6.45, 7) is 13.0.